The average molecular weight is 581 g/mol. The maximum absolute atomic E-state index is 13.4. The van der Waals surface area contributed by atoms with Gasteiger partial charge in [-0.1, -0.05) is 24.3 Å². The van der Waals surface area contributed by atoms with Gasteiger partial charge in [-0.05, 0) is 6.92 Å². The quantitative estimate of drug-likeness (QED) is 0.245. The van der Waals surface area contributed by atoms with Gasteiger partial charge in [-0.2, -0.15) is 13.2 Å². The number of hydrogen-bond acceptors (Lipinski definition) is 10. The van der Waals surface area contributed by atoms with Crippen LogP contribution in [0.15, 0.2) is 24.3 Å². The number of ketones is 2. The number of aromatic hydroxyl groups is 2. The van der Waals surface area contributed by atoms with Crippen LogP contribution in [0, 0.1) is 0 Å². The molecule has 1 heterocycles. The maximum Gasteiger partial charge on any atom is 0.471 e. The van der Waals surface area contributed by atoms with E-state index in [9.17, 15) is 53.1 Å². The zero-order valence-corrected chi connectivity index (χ0v) is 21.4. The number of amides is 1. The summed E-state index contributed by atoms with van der Waals surface area (Å²) in [5.74, 6) is -5.21. The SMILES string of the molecule is C[C@H]1O[C@@H](O[C@H]2CC(O)(CO)Cc3c(O)c4c(c(O)c32)C(=O)c2ccccc2C4=O)C[C@H](NC(=O)C(F)(F)F)[C@H]1O. The Morgan fingerprint density at radius 2 is 1.71 bits per heavy atom. The average Bonchev–Trinajstić information content (AvgIpc) is 2.91. The van der Waals surface area contributed by atoms with E-state index >= 15 is 0 Å². The molecule has 2 aromatic carbocycles. The van der Waals surface area contributed by atoms with Crippen LogP contribution >= 0.6 is 0 Å². The summed E-state index contributed by atoms with van der Waals surface area (Å²) in [6, 6.07) is 4.34. The summed E-state index contributed by atoms with van der Waals surface area (Å²) in [6.07, 6.45) is -12.1. The van der Waals surface area contributed by atoms with Crippen molar-refractivity contribution in [2.45, 2.75) is 68.6 Å². The molecule has 5 rings (SSSR count). The predicted octanol–water partition coefficient (Wildman–Crippen LogP) is 1.14. The lowest BCUT2D eigenvalue weighted by atomic mass is 9.73. The molecule has 1 saturated heterocycles. The standard InChI is InChI=1S/C27H26F3NO10/c1-10-20(33)14(31-25(38)27(28,29)30)6-16(40-10)41-15-8-26(39,9-32)7-13-17(15)24(37)19-18(23(13)36)21(34)11-4-2-3-5-12(11)22(19)35/h2-5,10,14-16,20,32-33,36-37,39H,6-9H2,1H3,(H,31,38)/t10-,14+,15+,16+,20+,26?/m1/s1. The van der Waals surface area contributed by atoms with Crippen LogP contribution in [0.25, 0.3) is 0 Å². The van der Waals surface area contributed by atoms with Gasteiger partial charge in [-0.25, -0.2) is 0 Å². The molecule has 6 atom stereocenters. The predicted molar refractivity (Wildman–Crippen MR) is 130 cm³/mol. The van der Waals surface area contributed by atoms with Gasteiger partial charge in [0.05, 0.1) is 41.6 Å². The van der Waals surface area contributed by atoms with E-state index in [1.165, 1.54) is 31.2 Å². The number of phenols is 2. The summed E-state index contributed by atoms with van der Waals surface area (Å²) >= 11 is 0. The molecule has 1 fully saturated rings. The van der Waals surface area contributed by atoms with Gasteiger partial charge in [-0.3, -0.25) is 14.4 Å². The maximum atomic E-state index is 13.4. The van der Waals surface area contributed by atoms with Gasteiger partial charge in [-0.15, -0.1) is 0 Å². The second-order valence-corrected chi connectivity index (χ2v) is 10.5. The number of benzene rings is 2. The molecule has 11 nitrogen and oxygen atoms in total. The smallest absolute Gasteiger partial charge is 0.471 e. The Morgan fingerprint density at radius 1 is 1.12 bits per heavy atom. The number of rotatable bonds is 4. The van der Waals surface area contributed by atoms with Crippen molar-refractivity contribution in [3.63, 3.8) is 0 Å². The Balaban J connectivity index is 1.55. The number of aliphatic hydroxyl groups is 3. The van der Waals surface area contributed by atoms with Crippen LogP contribution in [-0.2, 0) is 20.7 Å². The molecule has 1 aliphatic heterocycles. The van der Waals surface area contributed by atoms with E-state index in [1.807, 2.05) is 0 Å². The lowest BCUT2D eigenvalue weighted by Crippen LogP contribution is -2.57. The molecule has 0 spiro atoms. The van der Waals surface area contributed by atoms with Gasteiger partial charge in [0.1, 0.15) is 17.6 Å². The Labute approximate surface area is 230 Å². The summed E-state index contributed by atoms with van der Waals surface area (Å²) in [5.41, 5.74) is -3.29. The number of fused-ring (bicyclic) bond motifs is 3. The van der Waals surface area contributed by atoms with Crippen molar-refractivity contribution >= 4 is 17.5 Å². The third-order valence-electron chi connectivity index (χ3n) is 7.74. The molecule has 0 aromatic heterocycles. The Bertz CT molecular complexity index is 1440. The first kappa shape index (κ1) is 29.0. The van der Waals surface area contributed by atoms with Crippen molar-refractivity contribution in [3.8, 4) is 11.5 Å². The summed E-state index contributed by atoms with van der Waals surface area (Å²) in [5, 5.41) is 55.5. The van der Waals surface area contributed by atoms with E-state index in [-0.39, 0.29) is 22.3 Å². The van der Waals surface area contributed by atoms with E-state index in [4.69, 9.17) is 9.47 Å². The number of alkyl halides is 3. The molecule has 2 aromatic rings. The first-order valence-electron chi connectivity index (χ1n) is 12.7. The zero-order chi connectivity index (χ0) is 30.0. The number of carbonyl (C=O) groups excluding carboxylic acids is 3. The molecule has 0 radical (unpaired) electrons. The highest BCUT2D eigenvalue weighted by atomic mass is 19.4. The van der Waals surface area contributed by atoms with Crippen LogP contribution < -0.4 is 5.32 Å². The molecule has 41 heavy (non-hydrogen) atoms. The number of ether oxygens (including phenoxy) is 2. The number of halogens is 3. The van der Waals surface area contributed by atoms with E-state index in [0.717, 1.165) is 0 Å². The normalized spacial score (nSPS) is 29.4. The molecule has 0 bridgehead atoms. The zero-order valence-electron chi connectivity index (χ0n) is 21.4. The fourth-order valence-corrected chi connectivity index (χ4v) is 5.71. The molecule has 6 N–H and O–H groups in total. The van der Waals surface area contributed by atoms with E-state index in [1.54, 1.807) is 5.32 Å². The minimum Gasteiger partial charge on any atom is -0.507 e. The Kier molecular flexibility index (Phi) is 7.11. The van der Waals surface area contributed by atoms with Crippen LogP contribution in [0.3, 0.4) is 0 Å². The summed E-state index contributed by atoms with van der Waals surface area (Å²) in [6.45, 7) is 0.484. The topological polar surface area (TPSA) is 183 Å². The Hall–Kier alpha value is -3.56. The molecule has 14 heteroatoms. The van der Waals surface area contributed by atoms with Crippen LogP contribution in [0.4, 0.5) is 13.2 Å². The molecule has 0 saturated carbocycles. The minimum atomic E-state index is -5.22. The van der Waals surface area contributed by atoms with Gasteiger partial charge in [0.15, 0.2) is 17.9 Å². The third kappa shape index (κ3) is 4.85. The van der Waals surface area contributed by atoms with Crippen molar-refractivity contribution < 1.29 is 62.6 Å². The van der Waals surface area contributed by atoms with Crippen LogP contribution in [0.5, 0.6) is 11.5 Å². The Morgan fingerprint density at radius 3 is 2.27 bits per heavy atom. The molecule has 2 aliphatic carbocycles. The van der Waals surface area contributed by atoms with Gasteiger partial charge in [0.2, 0.25) is 0 Å². The second kappa shape index (κ2) is 10.1. The van der Waals surface area contributed by atoms with Crippen molar-refractivity contribution in [3.05, 3.63) is 57.6 Å². The highest BCUT2D eigenvalue weighted by Crippen LogP contribution is 2.51. The number of hydrogen-bond donors (Lipinski definition) is 6. The molecule has 3 aliphatic rings. The fourth-order valence-electron chi connectivity index (χ4n) is 5.71. The second-order valence-electron chi connectivity index (χ2n) is 10.5. The van der Waals surface area contributed by atoms with Crippen molar-refractivity contribution in [2.75, 3.05) is 6.61 Å². The highest BCUT2D eigenvalue weighted by Gasteiger charge is 2.48. The fraction of sp³-hybridized carbons (Fsp3) is 0.444. The highest BCUT2D eigenvalue weighted by molar-refractivity contribution is 6.30. The van der Waals surface area contributed by atoms with Crippen molar-refractivity contribution in [1.29, 1.82) is 0 Å². The van der Waals surface area contributed by atoms with Gasteiger partial charge >= 0.3 is 12.1 Å². The van der Waals surface area contributed by atoms with Gasteiger partial charge in [0, 0.05) is 41.5 Å². The summed E-state index contributed by atoms with van der Waals surface area (Å²) in [7, 11) is 0. The van der Waals surface area contributed by atoms with Crippen LogP contribution in [-0.4, -0.2) is 85.9 Å². The number of aliphatic hydroxyl groups excluding tert-OH is 2. The first-order valence-corrected chi connectivity index (χ1v) is 12.7. The third-order valence-corrected chi connectivity index (χ3v) is 7.74. The molecule has 1 amide bonds. The molecular weight excluding hydrogens is 555 g/mol. The number of phenolic OH excluding ortho intramolecular Hbond substituents is 2. The lowest BCUT2D eigenvalue weighted by Gasteiger charge is -2.43. The van der Waals surface area contributed by atoms with Crippen LogP contribution in [0.2, 0.25) is 0 Å². The summed E-state index contributed by atoms with van der Waals surface area (Å²) in [4.78, 5) is 38.2. The molecule has 1 unspecified atom stereocenters. The molecular formula is C27H26F3NO10. The molecule has 220 valence electrons. The number of nitrogens with one attached hydrogen (secondary N) is 1. The largest absolute Gasteiger partial charge is 0.507 e. The van der Waals surface area contributed by atoms with Crippen LogP contribution in [0.1, 0.15) is 68.8 Å². The minimum absolute atomic E-state index is 0.00391. The van der Waals surface area contributed by atoms with E-state index < -0.39 is 108 Å². The van der Waals surface area contributed by atoms with E-state index in [0.29, 0.717) is 0 Å². The van der Waals surface area contributed by atoms with Gasteiger partial charge in [0.25, 0.3) is 0 Å². The number of carbonyl (C=O) groups is 3. The first-order chi connectivity index (χ1) is 19.2. The monoisotopic (exact) mass is 581 g/mol. The van der Waals surface area contributed by atoms with Gasteiger partial charge < -0.3 is 40.3 Å². The van der Waals surface area contributed by atoms with Crippen molar-refractivity contribution in [1.82, 2.24) is 5.32 Å². The lowest BCUT2D eigenvalue weighted by molar-refractivity contribution is -0.252. The summed E-state index contributed by atoms with van der Waals surface area (Å²) < 4.78 is 50.0. The van der Waals surface area contributed by atoms with E-state index in [2.05, 4.69) is 0 Å². The van der Waals surface area contributed by atoms with Crippen molar-refractivity contribution in [2.24, 2.45) is 0 Å².